The molecule has 3 rings (SSSR count). The molecule has 0 aliphatic carbocycles. The molecule has 1 fully saturated rings. The van der Waals surface area contributed by atoms with Gasteiger partial charge in [0.05, 0.1) is 18.4 Å². The van der Waals surface area contributed by atoms with Crippen LogP contribution in [0.3, 0.4) is 0 Å². The van der Waals surface area contributed by atoms with E-state index in [2.05, 4.69) is 25.6 Å². The average molecular weight is 376 g/mol. The third kappa shape index (κ3) is 4.28. The number of piperidine rings is 1. The molecule has 2 N–H and O–H groups in total. The third-order valence-electron chi connectivity index (χ3n) is 4.52. The second kappa shape index (κ2) is 7.96. The van der Waals surface area contributed by atoms with E-state index in [9.17, 15) is 9.59 Å². The summed E-state index contributed by atoms with van der Waals surface area (Å²) >= 11 is 1.39. The number of hydrogen-bond acceptors (Lipinski definition) is 6. The average Bonchev–Trinajstić information content (AvgIpc) is 3.22. The Labute approximate surface area is 156 Å². The predicted octanol–water partition coefficient (Wildman–Crippen LogP) is 0.792. The van der Waals surface area contributed by atoms with Crippen LogP contribution >= 0.6 is 11.3 Å². The van der Waals surface area contributed by atoms with E-state index in [0.717, 1.165) is 42.2 Å². The molecule has 0 bridgehead atoms. The van der Waals surface area contributed by atoms with E-state index in [0.29, 0.717) is 11.4 Å². The van der Waals surface area contributed by atoms with Crippen LogP contribution in [0.4, 0.5) is 0 Å². The highest BCUT2D eigenvalue weighted by Gasteiger charge is 2.24. The molecule has 1 saturated heterocycles. The second-order valence-electron chi connectivity index (χ2n) is 6.53. The van der Waals surface area contributed by atoms with Gasteiger partial charge in [0.1, 0.15) is 9.88 Å². The predicted molar refractivity (Wildman–Crippen MR) is 100 cm³/mol. The minimum atomic E-state index is -0.0695. The molecule has 3 heterocycles. The van der Waals surface area contributed by atoms with Crippen LogP contribution in [0.25, 0.3) is 10.6 Å². The first kappa shape index (κ1) is 18.5. The van der Waals surface area contributed by atoms with Gasteiger partial charge < -0.3 is 10.6 Å². The lowest BCUT2D eigenvalue weighted by molar-refractivity contribution is -0.122. The van der Waals surface area contributed by atoms with Crippen LogP contribution in [0.2, 0.25) is 0 Å². The molecular formula is C17H24N6O2S. The van der Waals surface area contributed by atoms with Crippen molar-refractivity contribution in [3.05, 3.63) is 23.0 Å². The number of hydrogen-bond donors (Lipinski definition) is 2. The van der Waals surface area contributed by atoms with Crippen molar-refractivity contribution >= 4 is 23.2 Å². The van der Waals surface area contributed by atoms with E-state index >= 15 is 0 Å². The van der Waals surface area contributed by atoms with Crippen LogP contribution in [0.1, 0.15) is 28.2 Å². The molecular weight excluding hydrogens is 352 g/mol. The molecule has 9 heteroatoms. The molecule has 2 aromatic heterocycles. The minimum absolute atomic E-state index is 0.0238. The van der Waals surface area contributed by atoms with Crippen LogP contribution in [0.5, 0.6) is 0 Å². The van der Waals surface area contributed by atoms with Crippen molar-refractivity contribution in [2.45, 2.75) is 25.8 Å². The summed E-state index contributed by atoms with van der Waals surface area (Å²) in [6.07, 6.45) is 5.33. The highest BCUT2D eigenvalue weighted by molar-refractivity contribution is 7.17. The number of amides is 2. The Balaban J connectivity index is 1.57. The van der Waals surface area contributed by atoms with Crippen LogP contribution in [0, 0.1) is 6.92 Å². The number of nitrogens with zero attached hydrogens (tertiary/aromatic N) is 4. The maximum Gasteiger partial charge on any atom is 0.263 e. The lowest BCUT2D eigenvalue weighted by Crippen LogP contribution is -2.47. The first-order valence-corrected chi connectivity index (χ1v) is 9.48. The van der Waals surface area contributed by atoms with Crippen LogP contribution in [0.15, 0.2) is 12.4 Å². The maximum atomic E-state index is 12.6. The number of likely N-dealkylation sites (tertiary alicyclic amines) is 1. The van der Waals surface area contributed by atoms with Gasteiger partial charge in [-0.3, -0.25) is 19.2 Å². The van der Waals surface area contributed by atoms with Crippen molar-refractivity contribution in [2.75, 3.05) is 26.7 Å². The molecule has 0 radical (unpaired) electrons. The molecule has 140 valence electrons. The van der Waals surface area contributed by atoms with Gasteiger partial charge in [-0.1, -0.05) is 0 Å². The van der Waals surface area contributed by atoms with Crippen molar-refractivity contribution in [1.29, 1.82) is 0 Å². The molecule has 0 spiro atoms. The first-order valence-electron chi connectivity index (χ1n) is 8.66. The van der Waals surface area contributed by atoms with Crippen LogP contribution in [-0.2, 0) is 11.8 Å². The maximum absolute atomic E-state index is 12.6. The number of thiazole rings is 1. The van der Waals surface area contributed by atoms with E-state index < -0.39 is 0 Å². The summed E-state index contributed by atoms with van der Waals surface area (Å²) in [4.78, 5) is 31.4. The Morgan fingerprint density at radius 2 is 2.08 bits per heavy atom. The summed E-state index contributed by atoms with van der Waals surface area (Å²) in [6, 6.07) is 0.131. The molecule has 1 aliphatic rings. The quantitative estimate of drug-likeness (QED) is 0.805. The van der Waals surface area contributed by atoms with Crippen molar-refractivity contribution in [1.82, 2.24) is 30.3 Å². The fourth-order valence-electron chi connectivity index (χ4n) is 3.03. The van der Waals surface area contributed by atoms with Crippen molar-refractivity contribution in [3.8, 4) is 10.6 Å². The molecule has 26 heavy (non-hydrogen) atoms. The zero-order chi connectivity index (χ0) is 18.7. The van der Waals surface area contributed by atoms with Gasteiger partial charge in [0, 0.05) is 45.0 Å². The van der Waals surface area contributed by atoms with Crippen LogP contribution < -0.4 is 10.6 Å². The van der Waals surface area contributed by atoms with Gasteiger partial charge in [-0.05, 0) is 19.8 Å². The number of rotatable bonds is 5. The van der Waals surface area contributed by atoms with E-state index in [-0.39, 0.29) is 17.9 Å². The SMILES string of the molecule is CNC(=O)CN1CCC(NC(=O)c2sc(-c3cnn(C)c3)nc2C)CC1. The highest BCUT2D eigenvalue weighted by atomic mass is 32.1. The van der Waals surface area contributed by atoms with Gasteiger partial charge in [-0.25, -0.2) is 4.98 Å². The molecule has 2 aromatic rings. The fraction of sp³-hybridized carbons (Fsp3) is 0.529. The van der Waals surface area contributed by atoms with Gasteiger partial charge in [-0.15, -0.1) is 11.3 Å². The van der Waals surface area contributed by atoms with Crippen molar-refractivity contribution < 1.29 is 9.59 Å². The highest BCUT2D eigenvalue weighted by Crippen LogP contribution is 2.27. The molecule has 0 unspecified atom stereocenters. The summed E-state index contributed by atoms with van der Waals surface area (Å²) in [5.74, 6) is -0.0457. The Morgan fingerprint density at radius 3 is 2.69 bits per heavy atom. The van der Waals surface area contributed by atoms with Crippen molar-refractivity contribution in [3.63, 3.8) is 0 Å². The van der Waals surface area contributed by atoms with Gasteiger partial charge in [-0.2, -0.15) is 5.10 Å². The number of likely N-dealkylation sites (N-methyl/N-ethyl adjacent to an activating group) is 1. The summed E-state index contributed by atoms with van der Waals surface area (Å²) < 4.78 is 1.72. The monoisotopic (exact) mass is 376 g/mol. The Morgan fingerprint density at radius 1 is 1.35 bits per heavy atom. The molecule has 0 atom stereocenters. The van der Waals surface area contributed by atoms with Gasteiger partial charge in [0.2, 0.25) is 5.91 Å². The molecule has 0 aromatic carbocycles. The Kier molecular flexibility index (Phi) is 5.67. The van der Waals surface area contributed by atoms with Gasteiger partial charge in [0.15, 0.2) is 0 Å². The fourth-order valence-corrected chi connectivity index (χ4v) is 3.97. The number of aryl methyl sites for hydroxylation is 2. The first-order chi connectivity index (χ1) is 12.5. The van der Waals surface area contributed by atoms with E-state index in [4.69, 9.17) is 0 Å². The van der Waals surface area contributed by atoms with E-state index in [1.807, 2.05) is 20.2 Å². The lowest BCUT2D eigenvalue weighted by atomic mass is 10.0. The van der Waals surface area contributed by atoms with E-state index in [1.54, 1.807) is 17.9 Å². The number of nitrogens with one attached hydrogen (secondary N) is 2. The Bertz CT molecular complexity index is 791. The summed E-state index contributed by atoms with van der Waals surface area (Å²) in [5.41, 5.74) is 1.66. The summed E-state index contributed by atoms with van der Waals surface area (Å²) in [5, 5.41) is 10.7. The number of aromatic nitrogens is 3. The normalized spacial score (nSPS) is 15.8. The zero-order valence-electron chi connectivity index (χ0n) is 15.3. The molecule has 0 saturated carbocycles. The number of carbonyl (C=O) groups is 2. The van der Waals surface area contributed by atoms with Crippen molar-refractivity contribution in [2.24, 2.45) is 7.05 Å². The molecule has 2 amide bonds. The third-order valence-corrected chi connectivity index (χ3v) is 5.73. The Hall–Kier alpha value is -2.26. The standard InChI is InChI=1S/C17H24N6O2S/c1-11-15(26-17(20-11)12-8-19-22(3)9-12)16(25)21-13-4-6-23(7-5-13)10-14(24)18-2/h8-9,13H,4-7,10H2,1-3H3,(H,18,24)(H,21,25). The number of carbonyl (C=O) groups excluding carboxylic acids is 2. The largest absolute Gasteiger partial charge is 0.358 e. The van der Waals surface area contributed by atoms with E-state index in [1.165, 1.54) is 11.3 Å². The van der Waals surface area contributed by atoms with Gasteiger partial charge >= 0.3 is 0 Å². The molecule has 8 nitrogen and oxygen atoms in total. The minimum Gasteiger partial charge on any atom is -0.358 e. The smallest absolute Gasteiger partial charge is 0.263 e. The molecule has 1 aliphatic heterocycles. The topological polar surface area (TPSA) is 92.2 Å². The lowest BCUT2D eigenvalue weighted by Gasteiger charge is -2.31. The van der Waals surface area contributed by atoms with Crippen LogP contribution in [-0.4, -0.2) is 64.2 Å². The summed E-state index contributed by atoms with van der Waals surface area (Å²) in [6.45, 7) is 3.89. The zero-order valence-corrected chi connectivity index (χ0v) is 16.1. The van der Waals surface area contributed by atoms with Gasteiger partial charge in [0.25, 0.3) is 5.91 Å². The summed E-state index contributed by atoms with van der Waals surface area (Å²) in [7, 11) is 3.50. The second-order valence-corrected chi connectivity index (χ2v) is 7.53.